The van der Waals surface area contributed by atoms with E-state index >= 15 is 0 Å². The lowest BCUT2D eigenvalue weighted by atomic mass is 9.94. The van der Waals surface area contributed by atoms with Crippen molar-refractivity contribution < 1.29 is 5.11 Å². The van der Waals surface area contributed by atoms with Gasteiger partial charge in [-0.2, -0.15) is 0 Å². The molecule has 3 nitrogen and oxygen atoms in total. The predicted molar refractivity (Wildman–Crippen MR) is 90.8 cm³/mol. The molecule has 0 fully saturated rings. The average molecular weight is 334 g/mol. The summed E-state index contributed by atoms with van der Waals surface area (Å²) in [5.74, 6) is 0. The summed E-state index contributed by atoms with van der Waals surface area (Å²) in [4.78, 5) is 15.2. The average Bonchev–Trinajstić information content (AvgIpc) is 2.50. The van der Waals surface area contributed by atoms with Crippen LogP contribution in [0.25, 0.3) is 22.0 Å². The molecular weight excluding hydrogens is 321 g/mol. The molecular formula is C17H13Cl2NO2. The van der Waals surface area contributed by atoms with E-state index in [1.807, 2.05) is 18.2 Å². The molecule has 3 rings (SSSR count). The fourth-order valence-corrected chi connectivity index (χ4v) is 3.16. The van der Waals surface area contributed by atoms with Crippen LogP contribution < -0.4 is 5.56 Å². The zero-order valence-corrected chi connectivity index (χ0v) is 13.1. The second-order valence-electron chi connectivity index (χ2n) is 4.92. The summed E-state index contributed by atoms with van der Waals surface area (Å²) in [5, 5.41) is 11.1. The van der Waals surface area contributed by atoms with Gasteiger partial charge in [-0.3, -0.25) is 4.79 Å². The number of aliphatic hydroxyl groups is 1. The van der Waals surface area contributed by atoms with E-state index in [9.17, 15) is 9.90 Å². The van der Waals surface area contributed by atoms with Crippen LogP contribution in [-0.2, 0) is 6.42 Å². The molecule has 0 atom stereocenters. The van der Waals surface area contributed by atoms with Crippen molar-refractivity contribution in [3.05, 3.63) is 68.4 Å². The first-order valence-electron chi connectivity index (χ1n) is 6.82. The third-order valence-corrected chi connectivity index (χ3v) is 4.24. The standard InChI is InChI=1S/C17H13Cl2NO2/c18-12-5-2-1-4-10(12)15-11(8-9-21)17(22)20-14-7-3-6-13(19)16(14)15/h1-7,21H,8-9H2,(H,20,22). The zero-order valence-electron chi connectivity index (χ0n) is 11.6. The minimum Gasteiger partial charge on any atom is -0.396 e. The van der Waals surface area contributed by atoms with Crippen LogP contribution in [-0.4, -0.2) is 16.7 Å². The van der Waals surface area contributed by atoms with Crippen LogP contribution in [0.4, 0.5) is 0 Å². The van der Waals surface area contributed by atoms with Crippen LogP contribution >= 0.6 is 23.2 Å². The molecule has 112 valence electrons. The van der Waals surface area contributed by atoms with Crippen molar-refractivity contribution in [3.63, 3.8) is 0 Å². The lowest BCUT2D eigenvalue weighted by molar-refractivity contribution is 0.299. The highest BCUT2D eigenvalue weighted by molar-refractivity contribution is 6.38. The Kier molecular flexibility index (Phi) is 4.21. The third kappa shape index (κ3) is 2.52. The largest absolute Gasteiger partial charge is 0.396 e. The number of H-pyrrole nitrogens is 1. The fourth-order valence-electron chi connectivity index (χ4n) is 2.66. The minimum absolute atomic E-state index is 0.128. The van der Waals surface area contributed by atoms with Crippen LogP contribution in [0.1, 0.15) is 5.56 Å². The molecule has 0 bridgehead atoms. The monoisotopic (exact) mass is 333 g/mol. The molecule has 0 unspecified atom stereocenters. The molecule has 0 amide bonds. The van der Waals surface area contributed by atoms with E-state index in [0.717, 1.165) is 10.9 Å². The Hall–Kier alpha value is -1.81. The number of nitrogens with one attached hydrogen (secondary N) is 1. The minimum atomic E-state index is -0.237. The smallest absolute Gasteiger partial charge is 0.252 e. The first-order chi connectivity index (χ1) is 10.6. The highest BCUT2D eigenvalue weighted by atomic mass is 35.5. The Morgan fingerprint density at radius 2 is 1.73 bits per heavy atom. The molecule has 3 aromatic rings. The molecule has 1 aromatic heterocycles. The molecule has 0 radical (unpaired) electrons. The number of aromatic nitrogens is 1. The van der Waals surface area contributed by atoms with Gasteiger partial charge in [0, 0.05) is 40.1 Å². The molecule has 1 heterocycles. The molecule has 2 aromatic carbocycles. The maximum atomic E-state index is 12.4. The maximum Gasteiger partial charge on any atom is 0.252 e. The quantitative estimate of drug-likeness (QED) is 0.760. The molecule has 22 heavy (non-hydrogen) atoms. The topological polar surface area (TPSA) is 53.1 Å². The van der Waals surface area contributed by atoms with Crippen molar-refractivity contribution in [3.8, 4) is 11.1 Å². The predicted octanol–water partition coefficient (Wildman–Crippen LogP) is 4.04. The van der Waals surface area contributed by atoms with E-state index in [4.69, 9.17) is 23.2 Å². The summed E-state index contributed by atoms with van der Waals surface area (Å²) in [7, 11) is 0. The van der Waals surface area contributed by atoms with Gasteiger partial charge in [0.05, 0.1) is 10.5 Å². The molecule has 0 saturated carbocycles. The van der Waals surface area contributed by atoms with E-state index in [-0.39, 0.29) is 18.6 Å². The van der Waals surface area contributed by atoms with Crippen molar-refractivity contribution in [1.82, 2.24) is 4.98 Å². The summed E-state index contributed by atoms with van der Waals surface area (Å²) in [6.45, 7) is -0.128. The van der Waals surface area contributed by atoms with Crippen LogP contribution in [0.5, 0.6) is 0 Å². The summed E-state index contributed by atoms with van der Waals surface area (Å²) in [5.41, 5.74) is 2.31. The molecule has 0 aliphatic rings. The zero-order chi connectivity index (χ0) is 15.7. The number of aliphatic hydroxyl groups excluding tert-OH is 1. The molecule has 0 saturated heterocycles. The summed E-state index contributed by atoms with van der Waals surface area (Å²) in [6.07, 6.45) is 0.233. The van der Waals surface area contributed by atoms with Gasteiger partial charge in [0.2, 0.25) is 0 Å². The Morgan fingerprint density at radius 1 is 1.00 bits per heavy atom. The molecule has 0 spiro atoms. The van der Waals surface area contributed by atoms with E-state index in [2.05, 4.69) is 4.98 Å². The normalized spacial score (nSPS) is 11.0. The first kappa shape index (κ1) is 15.1. The van der Waals surface area contributed by atoms with E-state index < -0.39 is 0 Å². The highest BCUT2D eigenvalue weighted by Crippen LogP contribution is 2.37. The molecule has 0 aliphatic heterocycles. The van der Waals surface area contributed by atoms with Gasteiger partial charge in [-0.25, -0.2) is 0 Å². The lowest BCUT2D eigenvalue weighted by Gasteiger charge is -2.14. The Bertz CT molecular complexity index is 903. The summed E-state index contributed by atoms with van der Waals surface area (Å²) in [6, 6.07) is 12.6. The van der Waals surface area contributed by atoms with Crippen molar-refractivity contribution in [2.45, 2.75) is 6.42 Å². The SMILES string of the molecule is O=c1[nH]c2cccc(Cl)c2c(-c2ccccc2Cl)c1CCO. The van der Waals surface area contributed by atoms with Crippen molar-refractivity contribution in [1.29, 1.82) is 0 Å². The van der Waals surface area contributed by atoms with E-state index in [1.54, 1.807) is 24.3 Å². The van der Waals surface area contributed by atoms with Gasteiger partial charge in [0.1, 0.15) is 0 Å². The van der Waals surface area contributed by atoms with Crippen molar-refractivity contribution in [2.24, 2.45) is 0 Å². The Morgan fingerprint density at radius 3 is 2.45 bits per heavy atom. The van der Waals surface area contributed by atoms with Crippen molar-refractivity contribution in [2.75, 3.05) is 6.61 Å². The number of aromatic amines is 1. The van der Waals surface area contributed by atoms with Crippen molar-refractivity contribution >= 4 is 34.1 Å². The number of rotatable bonds is 3. The number of hydrogen-bond donors (Lipinski definition) is 2. The number of benzene rings is 2. The second kappa shape index (κ2) is 6.13. The van der Waals surface area contributed by atoms with Gasteiger partial charge >= 0.3 is 0 Å². The number of hydrogen-bond acceptors (Lipinski definition) is 2. The summed E-state index contributed by atoms with van der Waals surface area (Å²) >= 11 is 12.7. The Balaban J connectivity index is 2.51. The van der Waals surface area contributed by atoms with Gasteiger partial charge in [-0.1, -0.05) is 47.5 Å². The van der Waals surface area contributed by atoms with Gasteiger partial charge in [0.25, 0.3) is 5.56 Å². The number of pyridine rings is 1. The molecule has 0 aliphatic carbocycles. The first-order valence-corrected chi connectivity index (χ1v) is 7.58. The summed E-state index contributed by atoms with van der Waals surface area (Å²) < 4.78 is 0. The van der Waals surface area contributed by atoms with Crippen LogP contribution in [0.2, 0.25) is 10.0 Å². The molecule has 2 N–H and O–H groups in total. The van der Waals surface area contributed by atoms with Crippen LogP contribution in [0.15, 0.2) is 47.3 Å². The lowest BCUT2D eigenvalue weighted by Crippen LogP contribution is -2.16. The van der Waals surface area contributed by atoms with E-state index in [1.165, 1.54) is 0 Å². The van der Waals surface area contributed by atoms with Gasteiger partial charge in [-0.05, 0) is 18.2 Å². The van der Waals surface area contributed by atoms with Gasteiger partial charge in [0.15, 0.2) is 0 Å². The Labute approximate surface area is 137 Å². The van der Waals surface area contributed by atoms with Crippen LogP contribution in [0.3, 0.4) is 0 Å². The number of fused-ring (bicyclic) bond motifs is 1. The second-order valence-corrected chi connectivity index (χ2v) is 5.74. The maximum absolute atomic E-state index is 12.4. The van der Waals surface area contributed by atoms with E-state index in [0.29, 0.717) is 26.7 Å². The third-order valence-electron chi connectivity index (χ3n) is 3.59. The van der Waals surface area contributed by atoms with Gasteiger partial charge < -0.3 is 10.1 Å². The highest BCUT2D eigenvalue weighted by Gasteiger charge is 2.17. The van der Waals surface area contributed by atoms with Crippen LogP contribution in [0, 0.1) is 0 Å². The fraction of sp³-hybridized carbons (Fsp3) is 0.118. The molecule has 5 heteroatoms. The number of halogens is 2. The van der Waals surface area contributed by atoms with Gasteiger partial charge in [-0.15, -0.1) is 0 Å².